The minimum Gasteiger partial charge on any atom is -0.493 e. The Hall–Kier alpha value is -1.94. The summed E-state index contributed by atoms with van der Waals surface area (Å²) in [6, 6.07) is 10.4. The van der Waals surface area contributed by atoms with Crippen molar-refractivity contribution < 1.29 is 13.9 Å². The highest BCUT2D eigenvalue weighted by Gasteiger charge is 2.07. The zero-order chi connectivity index (χ0) is 15.1. The molecule has 1 heterocycles. The van der Waals surface area contributed by atoms with Crippen LogP contribution in [0.3, 0.4) is 0 Å². The molecule has 1 unspecified atom stereocenters. The second kappa shape index (κ2) is 7.74. The van der Waals surface area contributed by atoms with Gasteiger partial charge in [0.15, 0.2) is 11.5 Å². The maximum atomic E-state index is 5.34. The van der Waals surface area contributed by atoms with Gasteiger partial charge in [-0.05, 0) is 43.2 Å². The molecule has 0 spiro atoms. The number of methoxy groups -OCH3 is 2. The summed E-state index contributed by atoms with van der Waals surface area (Å²) in [7, 11) is 3.30. The van der Waals surface area contributed by atoms with E-state index in [2.05, 4.69) is 12.2 Å². The molecular weight excluding hydrogens is 266 g/mol. The first-order valence-corrected chi connectivity index (χ1v) is 7.19. The first kappa shape index (κ1) is 15.4. The van der Waals surface area contributed by atoms with Crippen molar-refractivity contribution in [2.24, 2.45) is 0 Å². The van der Waals surface area contributed by atoms with Gasteiger partial charge >= 0.3 is 0 Å². The number of rotatable bonds is 8. The van der Waals surface area contributed by atoms with Crippen molar-refractivity contribution in [1.82, 2.24) is 5.32 Å². The van der Waals surface area contributed by atoms with Gasteiger partial charge in [0.2, 0.25) is 0 Å². The summed E-state index contributed by atoms with van der Waals surface area (Å²) in [6.45, 7) is 2.99. The van der Waals surface area contributed by atoms with Gasteiger partial charge in [-0.15, -0.1) is 0 Å². The van der Waals surface area contributed by atoms with Gasteiger partial charge in [-0.3, -0.25) is 0 Å². The molecule has 1 atom stereocenters. The lowest BCUT2D eigenvalue weighted by atomic mass is 10.1. The topological polar surface area (TPSA) is 43.6 Å². The molecule has 0 saturated heterocycles. The molecule has 2 aromatic rings. The molecular formula is C17H23NO3. The van der Waals surface area contributed by atoms with Crippen molar-refractivity contribution in [3.63, 3.8) is 0 Å². The first-order chi connectivity index (χ1) is 10.2. The van der Waals surface area contributed by atoms with E-state index in [0.717, 1.165) is 36.6 Å². The zero-order valence-electron chi connectivity index (χ0n) is 12.9. The van der Waals surface area contributed by atoms with Gasteiger partial charge in [0, 0.05) is 19.0 Å². The van der Waals surface area contributed by atoms with E-state index in [9.17, 15) is 0 Å². The van der Waals surface area contributed by atoms with Gasteiger partial charge in [-0.25, -0.2) is 0 Å². The van der Waals surface area contributed by atoms with E-state index in [1.165, 1.54) is 5.56 Å². The minimum absolute atomic E-state index is 0.420. The molecule has 0 aliphatic rings. The summed E-state index contributed by atoms with van der Waals surface area (Å²) in [5, 5.41) is 3.51. The summed E-state index contributed by atoms with van der Waals surface area (Å²) < 4.78 is 15.9. The molecule has 0 saturated carbocycles. The highest BCUT2D eigenvalue weighted by Crippen LogP contribution is 2.27. The van der Waals surface area contributed by atoms with Crippen molar-refractivity contribution in [3.05, 3.63) is 47.9 Å². The van der Waals surface area contributed by atoms with Gasteiger partial charge in [0.05, 0.1) is 20.5 Å². The Morgan fingerprint density at radius 1 is 1.14 bits per heavy atom. The van der Waals surface area contributed by atoms with Crippen molar-refractivity contribution >= 4 is 0 Å². The average Bonchev–Trinajstić information content (AvgIpc) is 3.04. The highest BCUT2D eigenvalue weighted by atomic mass is 16.5. The van der Waals surface area contributed by atoms with Crippen LogP contribution in [0.2, 0.25) is 0 Å². The molecule has 0 radical (unpaired) electrons. The van der Waals surface area contributed by atoms with E-state index < -0.39 is 0 Å². The van der Waals surface area contributed by atoms with Crippen LogP contribution in [0.5, 0.6) is 11.5 Å². The van der Waals surface area contributed by atoms with Gasteiger partial charge in [0.25, 0.3) is 0 Å². The summed E-state index contributed by atoms with van der Waals surface area (Å²) in [5.74, 6) is 2.56. The third kappa shape index (κ3) is 4.53. The molecule has 0 fully saturated rings. The van der Waals surface area contributed by atoms with Crippen LogP contribution < -0.4 is 14.8 Å². The van der Waals surface area contributed by atoms with E-state index in [0.29, 0.717) is 6.04 Å². The van der Waals surface area contributed by atoms with Gasteiger partial charge in [-0.2, -0.15) is 0 Å². The van der Waals surface area contributed by atoms with Crippen LogP contribution in [0.25, 0.3) is 0 Å². The summed E-state index contributed by atoms with van der Waals surface area (Å²) in [6.07, 6.45) is 3.71. The molecule has 0 amide bonds. The molecule has 114 valence electrons. The second-order valence-corrected chi connectivity index (χ2v) is 5.09. The van der Waals surface area contributed by atoms with Gasteiger partial charge in [-0.1, -0.05) is 6.07 Å². The van der Waals surface area contributed by atoms with Crippen molar-refractivity contribution in [2.75, 3.05) is 14.2 Å². The number of aryl methyl sites for hydroxylation is 1. The number of hydrogen-bond donors (Lipinski definition) is 1. The van der Waals surface area contributed by atoms with E-state index in [1.807, 2.05) is 30.3 Å². The number of ether oxygens (including phenoxy) is 2. The molecule has 0 bridgehead atoms. The van der Waals surface area contributed by atoms with E-state index in [4.69, 9.17) is 13.9 Å². The highest BCUT2D eigenvalue weighted by molar-refractivity contribution is 5.42. The third-order valence-corrected chi connectivity index (χ3v) is 3.51. The van der Waals surface area contributed by atoms with Crippen molar-refractivity contribution in [1.29, 1.82) is 0 Å². The van der Waals surface area contributed by atoms with Gasteiger partial charge < -0.3 is 19.2 Å². The number of nitrogens with one attached hydrogen (secondary N) is 1. The molecule has 1 N–H and O–H groups in total. The Balaban J connectivity index is 1.81. The smallest absolute Gasteiger partial charge is 0.161 e. The fourth-order valence-corrected chi connectivity index (χ4v) is 2.20. The van der Waals surface area contributed by atoms with Crippen LogP contribution in [0.1, 0.15) is 24.7 Å². The lowest BCUT2D eigenvalue weighted by Crippen LogP contribution is -2.25. The van der Waals surface area contributed by atoms with E-state index >= 15 is 0 Å². The lowest BCUT2D eigenvalue weighted by Gasteiger charge is -2.14. The Labute approximate surface area is 126 Å². The average molecular weight is 289 g/mol. The van der Waals surface area contributed by atoms with E-state index in [1.54, 1.807) is 20.5 Å². The summed E-state index contributed by atoms with van der Waals surface area (Å²) >= 11 is 0. The largest absolute Gasteiger partial charge is 0.493 e. The molecule has 1 aromatic carbocycles. The monoisotopic (exact) mass is 289 g/mol. The van der Waals surface area contributed by atoms with Crippen LogP contribution in [-0.4, -0.2) is 20.3 Å². The Morgan fingerprint density at radius 2 is 1.95 bits per heavy atom. The number of hydrogen-bond acceptors (Lipinski definition) is 4. The molecule has 4 heteroatoms. The molecule has 1 aromatic heterocycles. The first-order valence-electron chi connectivity index (χ1n) is 7.19. The fourth-order valence-electron chi connectivity index (χ4n) is 2.20. The fraction of sp³-hybridized carbons (Fsp3) is 0.412. The molecule has 4 nitrogen and oxygen atoms in total. The van der Waals surface area contributed by atoms with Crippen LogP contribution in [0.4, 0.5) is 0 Å². The zero-order valence-corrected chi connectivity index (χ0v) is 12.9. The van der Waals surface area contributed by atoms with Crippen LogP contribution in [0.15, 0.2) is 41.0 Å². The Morgan fingerprint density at radius 3 is 2.62 bits per heavy atom. The normalized spacial score (nSPS) is 12.1. The summed E-state index contributed by atoms with van der Waals surface area (Å²) in [4.78, 5) is 0. The lowest BCUT2D eigenvalue weighted by molar-refractivity contribution is 0.354. The SMILES string of the molecule is COc1ccc(CNC(C)CCc2ccco2)cc1OC. The predicted molar refractivity (Wildman–Crippen MR) is 82.9 cm³/mol. The molecule has 0 aliphatic carbocycles. The molecule has 21 heavy (non-hydrogen) atoms. The maximum Gasteiger partial charge on any atom is 0.161 e. The quantitative estimate of drug-likeness (QED) is 0.809. The molecule has 2 rings (SSSR count). The van der Waals surface area contributed by atoms with Crippen LogP contribution in [-0.2, 0) is 13.0 Å². The maximum absolute atomic E-state index is 5.34. The van der Waals surface area contributed by atoms with Crippen LogP contribution >= 0.6 is 0 Å². The minimum atomic E-state index is 0.420. The Bertz CT molecular complexity index is 537. The van der Waals surface area contributed by atoms with Gasteiger partial charge in [0.1, 0.15) is 5.76 Å². The van der Waals surface area contributed by atoms with E-state index in [-0.39, 0.29) is 0 Å². The standard InChI is InChI=1S/C17H23NO3/c1-13(6-8-15-5-4-10-21-15)18-12-14-7-9-16(19-2)17(11-14)20-3/h4-5,7,9-11,13,18H,6,8,12H2,1-3H3. The van der Waals surface area contributed by atoms with Crippen molar-refractivity contribution in [2.45, 2.75) is 32.4 Å². The predicted octanol–water partition coefficient (Wildman–Crippen LogP) is 3.41. The van der Waals surface area contributed by atoms with Crippen LogP contribution in [0, 0.1) is 0 Å². The van der Waals surface area contributed by atoms with Crippen molar-refractivity contribution in [3.8, 4) is 11.5 Å². The second-order valence-electron chi connectivity index (χ2n) is 5.09. The Kier molecular flexibility index (Phi) is 5.69. The molecule has 0 aliphatic heterocycles. The summed E-state index contributed by atoms with van der Waals surface area (Å²) in [5.41, 5.74) is 1.18. The number of furan rings is 1. The third-order valence-electron chi connectivity index (χ3n) is 3.51. The number of benzene rings is 1.